The van der Waals surface area contributed by atoms with Gasteiger partial charge in [0.25, 0.3) is 0 Å². The SMILES string of the molecule is Cl.Cl.N[C@@H](Cc1ccc(OC(F)(F)F)cc1)C(=O)O.N[C@@H](Cc1ccc(OC(F)(F)F)cc1)C(=O)O. The van der Waals surface area contributed by atoms with Crippen LogP contribution in [-0.2, 0) is 22.4 Å². The van der Waals surface area contributed by atoms with E-state index in [1.54, 1.807) is 0 Å². The van der Waals surface area contributed by atoms with E-state index in [-0.39, 0.29) is 49.2 Å². The third-order valence-electron chi connectivity index (χ3n) is 3.86. The fourth-order valence-electron chi connectivity index (χ4n) is 2.34. The second kappa shape index (κ2) is 15.2. The number of halogens is 8. The van der Waals surface area contributed by atoms with Gasteiger partial charge >= 0.3 is 24.7 Å². The highest BCUT2D eigenvalue weighted by Crippen LogP contribution is 2.24. The molecule has 0 bridgehead atoms. The average molecular weight is 571 g/mol. The molecule has 0 saturated heterocycles. The fraction of sp³-hybridized carbons (Fsp3) is 0.300. The average Bonchev–Trinajstić information content (AvgIpc) is 2.69. The Morgan fingerprint density at radius 3 is 1.11 bits per heavy atom. The molecule has 0 aliphatic heterocycles. The lowest BCUT2D eigenvalue weighted by Crippen LogP contribution is -2.32. The number of nitrogens with two attached hydrogens (primary N) is 2. The van der Waals surface area contributed by atoms with Crippen LogP contribution in [0, 0.1) is 0 Å². The van der Waals surface area contributed by atoms with Gasteiger partial charge in [-0.3, -0.25) is 9.59 Å². The van der Waals surface area contributed by atoms with Crippen LogP contribution in [0.3, 0.4) is 0 Å². The zero-order valence-electron chi connectivity index (χ0n) is 18.0. The van der Waals surface area contributed by atoms with Gasteiger partial charge in [0.05, 0.1) is 0 Å². The van der Waals surface area contributed by atoms with Crippen molar-refractivity contribution in [2.45, 2.75) is 37.7 Å². The van der Waals surface area contributed by atoms with Gasteiger partial charge in [0.15, 0.2) is 0 Å². The molecule has 204 valence electrons. The van der Waals surface area contributed by atoms with Gasteiger partial charge in [-0.2, -0.15) is 0 Å². The lowest BCUT2D eigenvalue weighted by molar-refractivity contribution is -0.275. The molecule has 8 nitrogen and oxygen atoms in total. The molecule has 2 rings (SSSR count). The van der Waals surface area contributed by atoms with Crippen molar-refractivity contribution in [1.82, 2.24) is 0 Å². The van der Waals surface area contributed by atoms with E-state index in [0.717, 1.165) is 24.3 Å². The summed E-state index contributed by atoms with van der Waals surface area (Å²) in [5.74, 6) is -3.04. The summed E-state index contributed by atoms with van der Waals surface area (Å²) in [4.78, 5) is 20.9. The highest BCUT2D eigenvalue weighted by Gasteiger charge is 2.31. The van der Waals surface area contributed by atoms with Gasteiger partial charge in [-0.15, -0.1) is 51.2 Å². The Bertz CT molecular complexity index is 866. The maximum atomic E-state index is 11.8. The molecule has 16 heteroatoms. The molecule has 2 atom stereocenters. The maximum Gasteiger partial charge on any atom is 0.573 e. The number of rotatable bonds is 8. The fourth-order valence-corrected chi connectivity index (χ4v) is 2.34. The van der Waals surface area contributed by atoms with Crippen molar-refractivity contribution in [2.75, 3.05) is 0 Å². The number of carboxylic acid groups (broad SMARTS) is 2. The summed E-state index contributed by atoms with van der Waals surface area (Å²) >= 11 is 0. The Kier molecular flexibility index (Phi) is 14.9. The van der Waals surface area contributed by atoms with E-state index in [2.05, 4.69) is 9.47 Å². The lowest BCUT2D eigenvalue weighted by atomic mass is 10.1. The van der Waals surface area contributed by atoms with Crippen LogP contribution >= 0.6 is 24.8 Å². The first-order chi connectivity index (χ1) is 15.6. The van der Waals surface area contributed by atoms with Gasteiger partial charge < -0.3 is 31.2 Å². The van der Waals surface area contributed by atoms with E-state index >= 15 is 0 Å². The molecule has 0 amide bonds. The van der Waals surface area contributed by atoms with Gasteiger partial charge in [0.2, 0.25) is 0 Å². The Labute approximate surface area is 213 Å². The minimum absolute atomic E-state index is 0. The second-order valence-electron chi connectivity index (χ2n) is 6.68. The standard InChI is InChI=1S/2C10H10F3NO3.2ClH/c2*11-10(12,13)17-7-3-1-6(2-4-7)5-8(14)9(15)16;;/h2*1-4,8H,5,14H2,(H,15,16);2*1H/t2*8-;;/m00../s1. The van der Waals surface area contributed by atoms with E-state index in [4.69, 9.17) is 21.7 Å². The molecule has 0 aliphatic carbocycles. The van der Waals surface area contributed by atoms with Crippen molar-refractivity contribution < 1.29 is 55.6 Å². The van der Waals surface area contributed by atoms with E-state index in [1.165, 1.54) is 24.3 Å². The van der Waals surface area contributed by atoms with Crippen molar-refractivity contribution in [3.05, 3.63) is 59.7 Å². The summed E-state index contributed by atoms with van der Waals surface area (Å²) in [5, 5.41) is 17.1. The van der Waals surface area contributed by atoms with Crippen molar-refractivity contribution in [1.29, 1.82) is 0 Å². The molecule has 2 aromatic rings. The summed E-state index contributed by atoms with van der Waals surface area (Å²) in [6, 6.07) is 7.62. The number of carbonyl (C=O) groups is 2. The number of aliphatic carboxylic acids is 2. The molecule has 0 heterocycles. The number of ether oxygens (including phenoxy) is 2. The Hall–Kier alpha value is -2.94. The smallest absolute Gasteiger partial charge is 0.480 e. The zero-order chi connectivity index (χ0) is 26.1. The third kappa shape index (κ3) is 15.1. The summed E-state index contributed by atoms with van der Waals surface area (Å²) < 4.78 is 78.4. The molecule has 0 radical (unpaired) electrons. The summed E-state index contributed by atoms with van der Waals surface area (Å²) in [7, 11) is 0. The summed E-state index contributed by atoms with van der Waals surface area (Å²) in [5.41, 5.74) is 11.6. The molecule has 0 saturated carbocycles. The number of carboxylic acids is 2. The monoisotopic (exact) mass is 570 g/mol. The molecule has 0 unspecified atom stereocenters. The first kappa shape index (κ1) is 35.2. The van der Waals surface area contributed by atoms with Gasteiger partial charge in [-0.1, -0.05) is 24.3 Å². The zero-order valence-corrected chi connectivity index (χ0v) is 19.6. The molecule has 36 heavy (non-hydrogen) atoms. The normalized spacial score (nSPS) is 12.4. The predicted molar refractivity (Wildman–Crippen MR) is 119 cm³/mol. The number of alkyl halides is 6. The van der Waals surface area contributed by atoms with Crippen LogP contribution in [0.25, 0.3) is 0 Å². The third-order valence-corrected chi connectivity index (χ3v) is 3.86. The quantitative estimate of drug-likeness (QED) is 0.349. The molecular formula is C20H22Cl2F6N2O6. The summed E-state index contributed by atoms with van der Waals surface area (Å²) in [6.45, 7) is 0. The Morgan fingerprint density at radius 1 is 0.667 bits per heavy atom. The number of hydrogen-bond acceptors (Lipinski definition) is 6. The first-order valence-electron chi connectivity index (χ1n) is 9.22. The molecule has 0 fully saturated rings. The van der Waals surface area contributed by atoms with Gasteiger partial charge in [-0.05, 0) is 48.2 Å². The number of benzene rings is 2. The van der Waals surface area contributed by atoms with Crippen LogP contribution in [0.2, 0.25) is 0 Å². The van der Waals surface area contributed by atoms with E-state index in [1.807, 2.05) is 0 Å². The van der Waals surface area contributed by atoms with Crippen molar-refractivity contribution in [3.8, 4) is 11.5 Å². The Balaban J connectivity index is 0. The second-order valence-corrected chi connectivity index (χ2v) is 6.68. The molecular weight excluding hydrogens is 549 g/mol. The lowest BCUT2D eigenvalue weighted by Gasteiger charge is -2.10. The van der Waals surface area contributed by atoms with Crippen LogP contribution in [0.1, 0.15) is 11.1 Å². The molecule has 2 aromatic carbocycles. The molecule has 0 aliphatic rings. The minimum atomic E-state index is -4.74. The highest BCUT2D eigenvalue weighted by molar-refractivity contribution is 5.85. The van der Waals surface area contributed by atoms with Crippen molar-refractivity contribution >= 4 is 36.8 Å². The van der Waals surface area contributed by atoms with Gasteiger partial charge in [0, 0.05) is 0 Å². The molecule has 6 N–H and O–H groups in total. The van der Waals surface area contributed by atoms with Crippen molar-refractivity contribution in [2.24, 2.45) is 11.5 Å². The largest absolute Gasteiger partial charge is 0.573 e. The van der Waals surface area contributed by atoms with Gasteiger partial charge in [-0.25, -0.2) is 0 Å². The van der Waals surface area contributed by atoms with E-state index < -0.39 is 36.7 Å². The predicted octanol–water partition coefficient (Wildman–Crippen LogP) is 3.92. The molecule has 0 spiro atoms. The first-order valence-corrected chi connectivity index (χ1v) is 9.22. The minimum Gasteiger partial charge on any atom is -0.480 e. The van der Waals surface area contributed by atoms with Crippen LogP contribution in [-0.4, -0.2) is 47.0 Å². The topological polar surface area (TPSA) is 145 Å². The van der Waals surface area contributed by atoms with Crippen LogP contribution in [0.4, 0.5) is 26.3 Å². The summed E-state index contributed by atoms with van der Waals surface area (Å²) in [6.07, 6.45) is -9.39. The van der Waals surface area contributed by atoms with Crippen LogP contribution < -0.4 is 20.9 Å². The van der Waals surface area contributed by atoms with E-state index in [9.17, 15) is 35.9 Å². The Morgan fingerprint density at radius 2 is 0.917 bits per heavy atom. The van der Waals surface area contributed by atoms with Crippen LogP contribution in [0.15, 0.2) is 48.5 Å². The van der Waals surface area contributed by atoms with Crippen molar-refractivity contribution in [3.63, 3.8) is 0 Å². The van der Waals surface area contributed by atoms with Crippen LogP contribution in [0.5, 0.6) is 11.5 Å². The van der Waals surface area contributed by atoms with E-state index in [0.29, 0.717) is 11.1 Å². The molecule has 0 aromatic heterocycles. The van der Waals surface area contributed by atoms with Gasteiger partial charge in [0.1, 0.15) is 23.6 Å². The maximum absolute atomic E-state index is 11.8. The highest BCUT2D eigenvalue weighted by atomic mass is 35.5. The number of hydrogen-bond donors (Lipinski definition) is 4.